The van der Waals surface area contributed by atoms with E-state index in [1.807, 2.05) is 0 Å². The largest absolute Gasteiger partial charge is 0.493 e. The first-order valence-electron chi connectivity index (χ1n) is 16.9. The maximum absolute atomic E-state index is 6.54. The second-order valence-corrected chi connectivity index (χ2v) is 12.9. The normalized spacial score (nSPS) is 17.5. The molecule has 41 heavy (non-hydrogen) atoms. The third-order valence-corrected chi connectivity index (χ3v) is 10.6. The van der Waals surface area contributed by atoms with Crippen LogP contribution in [0.15, 0.2) is 60.7 Å². The van der Waals surface area contributed by atoms with Crippen LogP contribution in [0, 0.1) is 11.3 Å². The Morgan fingerprint density at radius 3 is 1.66 bits per heavy atom. The van der Waals surface area contributed by atoms with E-state index >= 15 is 0 Å². The van der Waals surface area contributed by atoms with Crippen LogP contribution in [-0.4, -0.2) is 6.61 Å². The van der Waals surface area contributed by atoms with Gasteiger partial charge >= 0.3 is 0 Å². The monoisotopic (exact) mass is 552 g/mol. The SMILES string of the molecule is CCc1cc(-c2ccc(CCc3ccc(C4CCC(C)CC4)cc3)cc2)cc(CC)c1OCCC(CC)(CC)CC. The summed E-state index contributed by atoms with van der Waals surface area (Å²) < 4.78 is 6.54. The Morgan fingerprint density at radius 1 is 0.659 bits per heavy atom. The summed E-state index contributed by atoms with van der Waals surface area (Å²) >= 11 is 0. The third-order valence-electron chi connectivity index (χ3n) is 10.6. The highest BCUT2D eigenvalue weighted by Gasteiger charge is 2.24. The Morgan fingerprint density at radius 2 is 1.17 bits per heavy atom. The zero-order chi connectivity index (χ0) is 29.2. The van der Waals surface area contributed by atoms with E-state index in [4.69, 9.17) is 4.74 Å². The summed E-state index contributed by atoms with van der Waals surface area (Å²) in [5.41, 5.74) is 10.1. The zero-order valence-corrected chi connectivity index (χ0v) is 27.0. The summed E-state index contributed by atoms with van der Waals surface area (Å²) in [4.78, 5) is 0. The lowest BCUT2D eigenvalue weighted by atomic mass is 9.77. The summed E-state index contributed by atoms with van der Waals surface area (Å²) in [5.74, 6) is 2.82. The molecular formula is C40H56O. The van der Waals surface area contributed by atoms with Crippen LogP contribution in [0.4, 0.5) is 0 Å². The van der Waals surface area contributed by atoms with E-state index in [9.17, 15) is 0 Å². The molecule has 0 radical (unpaired) electrons. The molecule has 3 aromatic rings. The first kappa shape index (κ1) is 31.4. The molecule has 1 aliphatic carbocycles. The molecule has 1 saturated carbocycles. The van der Waals surface area contributed by atoms with E-state index in [1.54, 1.807) is 5.56 Å². The van der Waals surface area contributed by atoms with Gasteiger partial charge in [0.25, 0.3) is 0 Å². The molecule has 0 saturated heterocycles. The molecule has 1 heteroatoms. The minimum Gasteiger partial charge on any atom is -0.493 e. The molecule has 1 nitrogen and oxygen atoms in total. The van der Waals surface area contributed by atoms with Gasteiger partial charge < -0.3 is 4.74 Å². The highest BCUT2D eigenvalue weighted by atomic mass is 16.5. The smallest absolute Gasteiger partial charge is 0.125 e. The Labute approximate surface area is 252 Å². The highest BCUT2D eigenvalue weighted by Crippen LogP contribution is 2.37. The molecule has 0 spiro atoms. The summed E-state index contributed by atoms with van der Waals surface area (Å²) in [6.07, 6.45) is 14.5. The van der Waals surface area contributed by atoms with Gasteiger partial charge in [-0.05, 0) is 113 Å². The maximum atomic E-state index is 6.54. The lowest BCUT2D eigenvalue weighted by Gasteiger charge is -2.30. The third kappa shape index (κ3) is 8.06. The summed E-state index contributed by atoms with van der Waals surface area (Å²) in [6.45, 7) is 14.7. The molecule has 0 N–H and O–H groups in total. The van der Waals surface area contributed by atoms with Crippen molar-refractivity contribution in [1.29, 1.82) is 0 Å². The predicted octanol–water partition coefficient (Wildman–Crippen LogP) is 11.5. The van der Waals surface area contributed by atoms with Gasteiger partial charge in [0, 0.05) is 0 Å². The summed E-state index contributed by atoms with van der Waals surface area (Å²) in [6, 6.07) is 23.6. The Kier molecular flexibility index (Phi) is 11.5. The Hall–Kier alpha value is -2.54. The van der Waals surface area contributed by atoms with Crippen LogP contribution < -0.4 is 4.74 Å². The van der Waals surface area contributed by atoms with Crippen molar-refractivity contribution in [2.45, 2.75) is 125 Å². The fourth-order valence-electron chi connectivity index (χ4n) is 6.98. The van der Waals surface area contributed by atoms with Crippen molar-refractivity contribution in [3.8, 4) is 16.9 Å². The second-order valence-electron chi connectivity index (χ2n) is 12.9. The van der Waals surface area contributed by atoms with Crippen LogP contribution in [0.5, 0.6) is 5.75 Å². The number of hydrogen-bond donors (Lipinski definition) is 0. The van der Waals surface area contributed by atoms with Crippen LogP contribution in [0.2, 0.25) is 0 Å². The average Bonchev–Trinajstić information content (AvgIpc) is 3.03. The van der Waals surface area contributed by atoms with Gasteiger partial charge in [0.1, 0.15) is 5.75 Å². The first-order chi connectivity index (χ1) is 19.9. The molecule has 1 fully saturated rings. The van der Waals surface area contributed by atoms with Gasteiger partial charge in [-0.15, -0.1) is 0 Å². The quantitative estimate of drug-likeness (QED) is 0.193. The van der Waals surface area contributed by atoms with Gasteiger partial charge in [-0.1, -0.05) is 122 Å². The van der Waals surface area contributed by atoms with Crippen LogP contribution in [0.25, 0.3) is 11.1 Å². The molecule has 0 heterocycles. The van der Waals surface area contributed by atoms with Gasteiger partial charge in [0.05, 0.1) is 6.61 Å². The molecule has 222 valence electrons. The van der Waals surface area contributed by atoms with Crippen LogP contribution in [0.3, 0.4) is 0 Å². The molecule has 0 bridgehead atoms. The lowest BCUT2D eigenvalue weighted by Crippen LogP contribution is -2.21. The molecule has 0 unspecified atom stereocenters. The number of benzene rings is 3. The topological polar surface area (TPSA) is 9.23 Å². The van der Waals surface area contributed by atoms with Crippen molar-refractivity contribution in [2.75, 3.05) is 6.61 Å². The predicted molar refractivity (Wildman–Crippen MR) is 178 cm³/mol. The van der Waals surface area contributed by atoms with Gasteiger partial charge in [-0.2, -0.15) is 0 Å². The van der Waals surface area contributed by atoms with Crippen LogP contribution in [0.1, 0.15) is 127 Å². The molecular weight excluding hydrogens is 496 g/mol. The molecule has 3 aromatic carbocycles. The van der Waals surface area contributed by atoms with E-state index in [0.29, 0.717) is 5.41 Å². The van der Waals surface area contributed by atoms with Crippen molar-refractivity contribution >= 4 is 0 Å². The molecule has 0 atom stereocenters. The van der Waals surface area contributed by atoms with Gasteiger partial charge in [0.15, 0.2) is 0 Å². The van der Waals surface area contributed by atoms with Gasteiger partial charge in [-0.3, -0.25) is 0 Å². The van der Waals surface area contributed by atoms with Crippen molar-refractivity contribution in [1.82, 2.24) is 0 Å². The van der Waals surface area contributed by atoms with Crippen molar-refractivity contribution in [2.24, 2.45) is 11.3 Å². The number of aryl methyl sites for hydroxylation is 4. The van der Waals surface area contributed by atoms with Gasteiger partial charge in [-0.25, -0.2) is 0 Å². The number of ether oxygens (including phenoxy) is 1. The minimum absolute atomic E-state index is 0.414. The summed E-state index contributed by atoms with van der Waals surface area (Å²) in [7, 11) is 0. The van der Waals surface area contributed by atoms with E-state index in [0.717, 1.165) is 56.3 Å². The fourth-order valence-corrected chi connectivity index (χ4v) is 6.98. The standard InChI is InChI=1S/C40H56O/c1-7-33-28-38(29-34(8-2)39(33)41-27-26-40(9-3,10-4)11-5)37-24-18-32(19-25-37)15-14-31-16-22-36(23-17-31)35-20-12-30(6)13-21-35/h16-19,22-25,28-30,35H,7-15,20-21,26-27H2,1-6H3. The second kappa shape index (κ2) is 15.1. The molecule has 4 rings (SSSR count). The van der Waals surface area contributed by atoms with E-state index in [2.05, 4.69) is 102 Å². The van der Waals surface area contributed by atoms with Crippen molar-refractivity contribution < 1.29 is 4.74 Å². The van der Waals surface area contributed by atoms with Gasteiger partial charge in [0.2, 0.25) is 0 Å². The first-order valence-corrected chi connectivity index (χ1v) is 16.9. The number of hydrogen-bond acceptors (Lipinski definition) is 1. The summed E-state index contributed by atoms with van der Waals surface area (Å²) in [5, 5.41) is 0. The van der Waals surface area contributed by atoms with Crippen LogP contribution >= 0.6 is 0 Å². The molecule has 1 aliphatic rings. The Bertz CT molecular complexity index is 1160. The molecule has 0 aliphatic heterocycles. The Balaban J connectivity index is 1.38. The van der Waals surface area contributed by atoms with E-state index in [1.165, 1.54) is 78.3 Å². The van der Waals surface area contributed by atoms with Crippen molar-refractivity contribution in [3.05, 3.63) is 88.5 Å². The lowest BCUT2D eigenvalue weighted by molar-refractivity contribution is 0.172. The zero-order valence-electron chi connectivity index (χ0n) is 27.0. The van der Waals surface area contributed by atoms with Crippen molar-refractivity contribution in [3.63, 3.8) is 0 Å². The number of rotatable bonds is 14. The molecule has 0 amide bonds. The highest BCUT2D eigenvalue weighted by molar-refractivity contribution is 5.68. The van der Waals surface area contributed by atoms with Crippen LogP contribution in [-0.2, 0) is 25.7 Å². The van der Waals surface area contributed by atoms with E-state index < -0.39 is 0 Å². The average molecular weight is 553 g/mol. The fraction of sp³-hybridized carbons (Fsp3) is 0.550. The minimum atomic E-state index is 0.414. The molecule has 0 aromatic heterocycles. The maximum Gasteiger partial charge on any atom is 0.125 e. The van der Waals surface area contributed by atoms with E-state index in [-0.39, 0.29) is 0 Å².